The summed E-state index contributed by atoms with van der Waals surface area (Å²) in [6.45, 7) is 3.02. The van der Waals surface area contributed by atoms with Gasteiger partial charge in [0.05, 0.1) is 16.0 Å². The number of nitrogens with one attached hydrogen (secondary N) is 1. The molecule has 0 radical (unpaired) electrons. The van der Waals surface area contributed by atoms with Crippen molar-refractivity contribution in [3.8, 4) is 11.1 Å². The van der Waals surface area contributed by atoms with Crippen molar-refractivity contribution in [3.63, 3.8) is 0 Å². The summed E-state index contributed by atoms with van der Waals surface area (Å²) in [5, 5.41) is 0.970. The number of hydrogen-bond acceptors (Lipinski definition) is 3. The molecule has 2 heterocycles. The van der Waals surface area contributed by atoms with Crippen LogP contribution in [0.2, 0.25) is 0 Å². The van der Waals surface area contributed by atoms with Gasteiger partial charge in [-0.3, -0.25) is 4.79 Å². The first-order chi connectivity index (χ1) is 17.4. The van der Waals surface area contributed by atoms with Crippen molar-refractivity contribution in [2.24, 2.45) is 5.73 Å². The molecule has 5 rings (SSSR count). The van der Waals surface area contributed by atoms with Crippen LogP contribution in [0.15, 0.2) is 77.8 Å². The van der Waals surface area contributed by atoms with Gasteiger partial charge in [-0.2, -0.15) is 4.31 Å². The molecule has 0 atom stereocenters. The molecule has 1 saturated heterocycles. The molecule has 3 N–H and O–H groups in total. The lowest BCUT2D eigenvalue weighted by Crippen LogP contribution is -2.37. The fourth-order valence-electron chi connectivity index (χ4n) is 5.26. The Morgan fingerprint density at radius 3 is 2.33 bits per heavy atom. The number of amides is 1. The molecule has 4 aromatic rings. The number of H-pyrrole nitrogens is 1. The number of aromatic amines is 1. The molecule has 1 amide bonds. The Bertz CT molecular complexity index is 1480. The van der Waals surface area contributed by atoms with E-state index in [1.54, 1.807) is 16.4 Å². The van der Waals surface area contributed by atoms with E-state index in [9.17, 15) is 13.2 Å². The first-order valence-corrected chi connectivity index (χ1v) is 13.9. The van der Waals surface area contributed by atoms with Gasteiger partial charge in [0.2, 0.25) is 10.0 Å². The predicted molar refractivity (Wildman–Crippen MR) is 143 cm³/mol. The number of aryl methyl sites for hydroxylation is 1. The number of piperidine rings is 1. The van der Waals surface area contributed by atoms with Gasteiger partial charge >= 0.3 is 0 Å². The summed E-state index contributed by atoms with van der Waals surface area (Å²) < 4.78 is 28.1. The number of carbonyl (C=O) groups is 1. The van der Waals surface area contributed by atoms with Gasteiger partial charge in [0, 0.05) is 24.7 Å². The summed E-state index contributed by atoms with van der Waals surface area (Å²) >= 11 is 0. The maximum Gasteiger partial charge on any atom is 0.250 e. The molecule has 6 nitrogen and oxygen atoms in total. The van der Waals surface area contributed by atoms with E-state index in [-0.39, 0.29) is 5.92 Å². The number of hydrogen-bond donors (Lipinski definition) is 2. The van der Waals surface area contributed by atoms with E-state index in [2.05, 4.69) is 18.0 Å². The third kappa shape index (κ3) is 4.56. The molecule has 186 valence electrons. The highest BCUT2D eigenvalue weighted by Crippen LogP contribution is 2.37. The molecule has 0 unspecified atom stereocenters. The number of primary amides is 1. The molecule has 1 fully saturated rings. The van der Waals surface area contributed by atoms with Gasteiger partial charge < -0.3 is 10.7 Å². The molecule has 1 aliphatic rings. The van der Waals surface area contributed by atoms with Gasteiger partial charge in [0.15, 0.2) is 0 Å². The van der Waals surface area contributed by atoms with Crippen molar-refractivity contribution in [1.82, 2.24) is 9.29 Å². The van der Waals surface area contributed by atoms with Crippen LogP contribution in [0.4, 0.5) is 0 Å². The SMILES string of the molecule is CCCc1ccc(S(=O)(=O)N2CCC(c3c[nH]c4c(C(N)=O)cc(-c5ccccc5)cc34)CC2)cc1. The number of aromatic nitrogens is 1. The highest BCUT2D eigenvalue weighted by molar-refractivity contribution is 7.89. The molecule has 0 spiro atoms. The minimum atomic E-state index is -3.52. The number of rotatable bonds is 7. The van der Waals surface area contributed by atoms with Crippen molar-refractivity contribution >= 4 is 26.8 Å². The second-order valence-corrected chi connectivity index (χ2v) is 11.4. The minimum absolute atomic E-state index is 0.184. The van der Waals surface area contributed by atoms with E-state index in [4.69, 9.17) is 5.73 Å². The largest absolute Gasteiger partial charge is 0.366 e. The zero-order valence-electron chi connectivity index (χ0n) is 20.4. The van der Waals surface area contributed by atoms with E-state index >= 15 is 0 Å². The van der Waals surface area contributed by atoms with Crippen LogP contribution >= 0.6 is 0 Å². The predicted octanol–water partition coefficient (Wildman–Crippen LogP) is 5.45. The maximum absolute atomic E-state index is 13.3. The fraction of sp³-hybridized carbons (Fsp3) is 0.276. The van der Waals surface area contributed by atoms with Crippen molar-refractivity contribution in [2.45, 2.75) is 43.4 Å². The Balaban J connectivity index is 1.40. The molecule has 0 aliphatic carbocycles. The van der Waals surface area contributed by atoms with Gasteiger partial charge in [-0.1, -0.05) is 55.8 Å². The number of fused-ring (bicyclic) bond motifs is 1. The number of sulfonamides is 1. The lowest BCUT2D eigenvalue weighted by Gasteiger charge is -2.31. The van der Waals surface area contributed by atoms with Crippen LogP contribution in [-0.4, -0.2) is 36.7 Å². The molecule has 0 saturated carbocycles. The van der Waals surface area contributed by atoms with Crippen LogP contribution < -0.4 is 5.73 Å². The average Bonchev–Trinajstić information content (AvgIpc) is 3.33. The fourth-order valence-corrected chi connectivity index (χ4v) is 6.72. The van der Waals surface area contributed by atoms with E-state index in [0.717, 1.165) is 46.0 Å². The normalized spacial score (nSPS) is 15.4. The van der Waals surface area contributed by atoms with E-state index in [1.807, 2.05) is 54.7 Å². The third-order valence-electron chi connectivity index (χ3n) is 7.19. The quantitative estimate of drug-likeness (QED) is 0.352. The third-order valence-corrected chi connectivity index (χ3v) is 9.10. The lowest BCUT2D eigenvalue weighted by atomic mass is 9.88. The van der Waals surface area contributed by atoms with Gasteiger partial charge in [-0.05, 0) is 71.7 Å². The molecule has 7 heteroatoms. The Hall–Kier alpha value is -3.42. The minimum Gasteiger partial charge on any atom is -0.366 e. The summed E-state index contributed by atoms with van der Waals surface area (Å²) in [6.07, 6.45) is 5.34. The highest BCUT2D eigenvalue weighted by Gasteiger charge is 2.31. The van der Waals surface area contributed by atoms with Gasteiger partial charge in [-0.15, -0.1) is 0 Å². The number of carbonyl (C=O) groups excluding carboxylic acids is 1. The Labute approximate surface area is 212 Å². The molecular formula is C29H31N3O3S. The molecule has 1 aliphatic heterocycles. The van der Waals surface area contributed by atoms with Crippen molar-refractivity contribution in [1.29, 1.82) is 0 Å². The molecule has 36 heavy (non-hydrogen) atoms. The molecular weight excluding hydrogens is 470 g/mol. The van der Waals surface area contributed by atoms with Crippen LogP contribution in [0.3, 0.4) is 0 Å². The molecule has 1 aromatic heterocycles. The topological polar surface area (TPSA) is 96.3 Å². The van der Waals surface area contributed by atoms with Gasteiger partial charge in [0.25, 0.3) is 5.91 Å². The van der Waals surface area contributed by atoms with Crippen LogP contribution in [0, 0.1) is 0 Å². The van der Waals surface area contributed by atoms with Crippen LogP contribution in [-0.2, 0) is 16.4 Å². The monoisotopic (exact) mass is 501 g/mol. The number of benzene rings is 3. The Morgan fingerprint density at radius 1 is 1.00 bits per heavy atom. The second-order valence-electron chi connectivity index (χ2n) is 9.49. The zero-order valence-corrected chi connectivity index (χ0v) is 21.2. The van der Waals surface area contributed by atoms with E-state index in [0.29, 0.717) is 36.4 Å². The van der Waals surface area contributed by atoms with Crippen molar-refractivity contribution in [2.75, 3.05) is 13.1 Å². The highest BCUT2D eigenvalue weighted by atomic mass is 32.2. The number of nitrogens with two attached hydrogens (primary N) is 1. The summed E-state index contributed by atoms with van der Waals surface area (Å²) in [5.74, 6) is -0.291. The first-order valence-electron chi connectivity index (χ1n) is 12.5. The maximum atomic E-state index is 13.3. The standard InChI is InChI=1S/C29H31N3O3S/c1-2-6-20-9-11-24(12-10-20)36(34,35)32-15-13-22(14-16-32)27-19-31-28-25(27)17-23(18-26(28)29(30)33)21-7-4-3-5-8-21/h3-5,7-12,17-19,22,31H,2,6,13-16H2,1H3,(H2,30,33). The second kappa shape index (κ2) is 9.91. The van der Waals surface area contributed by atoms with E-state index < -0.39 is 15.9 Å². The van der Waals surface area contributed by atoms with Crippen LogP contribution in [0.1, 0.15) is 53.6 Å². The smallest absolute Gasteiger partial charge is 0.250 e. The lowest BCUT2D eigenvalue weighted by molar-refractivity contribution is 0.100. The van der Waals surface area contributed by atoms with Crippen molar-refractivity contribution < 1.29 is 13.2 Å². The van der Waals surface area contributed by atoms with Gasteiger partial charge in [0.1, 0.15) is 0 Å². The average molecular weight is 502 g/mol. The molecule has 3 aromatic carbocycles. The van der Waals surface area contributed by atoms with Crippen LogP contribution in [0.25, 0.3) is 22.0 Å². The van der Waals surface area contributed by atoms with Crippen molar-refractivity contribution in [3.05, 3.63) is 89.6 Å². The molecule has 0 bridgehead atoms. The summed E-state index contributed by atoms with van der Waals surface area (Å²) in [7, 11) is -3.52. The first kappa shape index (κ1) is 24.3. The number of nitrogens with zero attached hydrogens (tertiary/aromatic N) is 1. The van der Waals surface area contributed by atoms with Gasteiger partial charge in [-0.25, -0.2) is 8.42 Å². The Morgan fingerprint density at radius 2 is 1.69 bits per heavy atom. The summed E-state index contributed by atoms with van der Waals surface area (Å²) in [6, 6.07) is 21.1. The van der Waals surface area contributed by atoms with Crippen LogP contribution in [0.5, 0.6) is 0 Å². The zero-order chi connectivity index (χ0) is 25.3. The van der Waals surface area contributed by atoms with E-state index in [1.165, 1.54) is 0 Å². The summed E-state index contributed by atoms with van der Waals surface area (Å²) in [5.41, 5.74) is 11.1. The Kier molecular flexibility index (Phi) is 6.69. The summed E-state index contributed by atoms with van der Waals surface area (Å²) in [4.78, 5) is 15.9.